The smallest absolute Gasteiger partial charge is 0.237 e. The van der Waals surface area contributed by atoms with Gasteiger partial charge in [-0.25, -0.2) is 9.83 Å². The van der Waals surface area contributed by atoms with Crippen LogP contribution < -0.4 is 9.47 Å². The molecule has 2 aromatic heterocycles. The van der Waals surface area contributed by atoms with Crippen LogP contribution >= 0.6 is 15.9 Å². The van der Waals surface area contributed by atoms with Gasteiger partial charge < -0.3 is 9.47 Å². The van der Waals surface area contributed by atoms with Gasteiger partial charge in [0.1, 0.15) is 11.5 Å². The third-order valence-corrected chi connectivity index (χ3v) is 3.64. The summed E-state index contributed by atoms with van der Waals surface area (Å²) in [5.41, 5.74) is 1.08. The number of hydrogen-bond donors (Lipinski definition) is 0. The highest BCUT2D eigenvalue weighted by Crippen LogP contribution is 2.30. The molecule has 118 valence electrons. The number of halogens is 1. The SMILES string of the molecule is [C-]#[N+]c1cncc(-c2ncc(Br)c(Oc3ccc(OC)cc3)n2)c1. The lowest BCUT2D eigenvalue weighted by molar-refractivity contribution is 0.412. The van der Waals surface area contributed by atoms with E-state index in [2.05, 4.69) is 35.7 Å². The van der Waals surface area contributed by atoms with Crippen LogP contribution in [0.5, 0.6) is 17.4 Å². The number of aromatic nitrogens is 3. The molecular formula is C17H11BrN4O2. The number of rotatable bonds is 4. The van der Waals surface area contributed by atoms with E-state index < -0.39 is 0 Å². The van der Waals surface area contributed by atoms with Crippen LogP contribution in [0, 0.1) is 6.57 Å². The Kier molecular flexibility index (Phi) is 4.68. The molecule has 3 aromatic rings. The maximum absolute atomic E-state index is 7.06. The molecule has 0 amide bonds. The van der Waals surface area contributed by atoms with E-state index in [1.807, 2.05) is 0 Å². The Morgan fingerprint density at radius 2 is 1.83 bits per heavy atom. The standard InChI is InChI=1S/C17H11BrN4O2/c1-19-12-7-11(8-20-9-12)16-21-10-15(18)17(22-16)24-14-5-3-13(23-2)4-6-14/h3-10H,2H3. The van der Waals surface area contributed by atoms with Gasteiger partial charge >= 0.3 is 0 Å². The first kappa shape index (κ1) is 15.9. The molecule has 3 rings (SSSR count). The molecule has 0 N–H and O–H groups in total. The van der Waals surface area contributed by atoms with Crippen molar-refractivity contribution in [3.63, 3.8) is 0 Å². The second-order valence-corrected chi connectivity index (χ2v) is 5.52. The zero-order valence-electron chi connectivity index (χ0n) is 12.6. The largest absolute Gasteiger partial charge is 0.497 e. The van der Waals surface area contributed by atoms with Gasteiger partial charge in [-0.2, -0.15) is 4.98 Å². The van der Waals surface area contributed by atoms with Crippen molar-refractivity contribution in [1.29, 1.82) is 0 Å². The van der Waals surface area contributed by atoms with E-state index >= 15 is 0 Å². The van der Waals surface area contributed by atoms with Crippen LogP contribution in [-0.2, 0) is 0 Å². The molecule has 0 fully saturated rings. The average Bonchev–Trinajstić information content (AvgIpc) is 2.64. The predicted octanol–water partition coefficient (Wildman–Crippen LogP) is 4.65. The average molecular weight is 383 g/mol. The fraction of sp³-hybridized carbons (Fsp3) is 0.0588. The lowest BCUT2D eigenvalue weighted by Crippen LogP contribution is -1.95. The van der Waals surface area contributed by atoms with E-state index in [-0.39, 0.29) is 0 Å². The molecule has 0 saturated heterocycles. The highest BCUT2D eigenvalue weighted by molar-refractivity contribution is 9.10. The van der Waals surface area contributed by atoms with Crippen LogP contribution in [-0.4, -0.2) is 22.1 Å². The molecule has 0 radical (unpaired) electrons. The maximum Gasteiger partial charge on any atom is 0.237 e. The zero-order chi connectivity index (χ0) is 16.9. The van der Waals surface area contributed by atoms with Crippen molar-refractivity contribution >= 4 is 21.6 Å². The van der Waals surface area contributed by atoms with Gasteiger partial charge in [0, 0.05) is 24.2 Å². The lowest BCUT2D eigenvalue weighted by Gasteiger charge is -2.09. The number of methoxy groups -OCH3 is 1. The summed E-state index contributed by atoms with van der Waals surface area (Å²) in [4.78, 5) is 16.0. The monoisotopic (exact) mass is 382 g/mol. The Balaban J connectivity index is 1.92. The van der Waals surface area contributed by atoms with Gasteiger partial charge in [-0.15, -0.1) is 0 Å². The van der Waals surface area contributed by atoms with Gasteiger partial charge in [0.05, 0.1) is 18.2 Å². The molecule has 2 heterocycles. The highest BCUT2D eigenvalue weighted by atomic mass is 79.9. The summed E-state index contributed by atoms with van der Waals surface area (Å²) in [5.74, 6) is 2.17. The normalized spacial score (nSPS) is 10.0. The molecule has 0 saturated carbocycles. The maximum atomic E-state index is 7.06. The number of pyridine rings is 1. The molecule has 0 bridgehead atoms. The molecule has 7 heteroatoms. The summed E-state index contributed by atoms with van der Waals surface area (Å²) in [7, 11) is 1.61. The van der Waals surface area contributed by atoms with Crippen molar-refractivity contribution in [2.75, 3.05) is 7.11 Å². The first-order valence-corrected chi connectivity index (χ1v) is 7.66. The van der Waals surface area contributed by atoms with Crippen molar-refractivity contribution in [3.8, 4) is 28.8 Å². The first-order valence-electron chi connectivity index (χ1n) is 6.87. The van der Waals surface area contributed by atoms with E-state index in [9.17, 15) is 0 Å². The Hall–Kier alpha value is -2.98. The molecule has 1 aromatic carbocycles. The van der Waals surface area contributed by atoms with E-state index in [1.54, 1.807) is 49.8 Å². The summed E-state index contributed by atoms with van der Waals surface area (Å²) < 4.78 is 11.5. The van der Waals surface area contributed by atoms with E-state index in [1.165, 1.54) is 6.20 Å². The molecule has 0 aliphatic carbocycles. The molecule has 0 spiro atoms. The number of nitrogens with zero attached hydrogens (tertiary/aromatic N) is 4. The van der Waals surface area contributed by atoms with E-state index in [4.69, 9.17) is 16.0 Å². The minimum Gasteiger partial charge on any atom is -0.497 e. The number of ether oxygens (including phenoxy) is 2. The van der Waals surface area contributed by atoms with Crippen molar-refractivity contribution in [3.05, 3.63) is 64.8 Å². The number of benzene rings is 1. The Morgan fingerprint density at radius 1 is 1.08 bits per heavy atom. The van der Waals surface area contributed by atoms with Crippen LogP contribution in [0.15, 0.2) is 53.4 Å². The van der Waals surface area contributed by atoms with Gasteiger partial charge in [-0.1, -0.05) is 0 Å². The van der Waals surface area contributed by atoms with Crippen molar-refractivity contribution in [2.45, 2.75) is 0 Å². The summed E-state index contributed by atoms with van der Waals surface area (Å²) >= 11 is 3.38. The van der Waals surface area contributed by atoms with Gasteiger partial charge in [0.15, 0.2) is 5.82 Å². The second-order valence-electron chi connectivity index (χ2n) is 4.67. The van der Waals surface area contributed by atoms with Crippen LogP contribution in [0.3, 0.4) is 0 Å². The van der Waals surface area contributed by atoms with Crippen LogP contribution in [0.1, 0.15) is 0 Å². The minimum absolute atomic E-state index is 0.374. The van der Waals surface area contributed by atoms with Crippen molar-refractivity contribution < 1.29 is 9.47 Å². The minimum atomic E-state index is 0.374. The quantitative estimate of drug-likeness (QED) is 0.614. The van der Waals surface area contributed by atoms with Crippen LogP contribution in [0.2, 0.25) is 0 Å². The van der Waals surface area contributed by atoms with Crippen molar-refractivity contribution in [2.24, 2.45) is 0 Å². The van der Waals surface area contributed by atoms with Gasteiger partial charge in [-0.3, -0.25) is 4.98 Å². The molecule has 0 aliphatic rings. The molecular weight excluding hydrogens is 372 g/mol. The highest BCUT2D eigenvalue weighted by Gasteiger charge is 2.10. The summed E-state index contributed by atoms with van der Waals surface area (Å²) in [6.45, 7) is 7.06. The third kappa shape index (κ3) is 3.50. The second kappa shape index (κ2) is 7.06. The lowest BCUT2D eigenvalue weighted by atomic mass is 10.2. The van der Waals surface area contributed by atoms with Crippen molar-refractivity contribution in [1.82, 2.24) is 15.0 Å². The zero-order valence-corrected chi connectivity index (χ0v) is 14.2. The Bertz CT molecular complexity index is 907. The summed E-state index contributed by atoms with van der Waals surface area (Å²) in [6.07, 6.45) is 4.70. The summed E-state index contributed by atoms with van der Waals surface area (Å²) in [6, 6.07) is 8.85. The Labute approximate surface area is 147 Å². The molecule has 0 unspecified atom stereocenters. The van der Waals surface area contributed by atoms with E-state index in [0.29, 0.717) is 33.2 Å². The summed E-state index contributed by atoms with van der Waals surface area (Å²) in [5, 5.41) is 0. The van der Waals surface area contributed by atoms with Crippen LogP contribution in [0.4, 0.5) is 5.69 Å². The predicted molar refractivity (Wildman–Crippen MR) is 92.3 cm³/mol. The van der Waals surface area contributed by atoms with Crippen LogP contribution in [0.25, 0.3) is 16.2 Å². The first-order chi connectivity index (χ1) is 11.7. The fourth-order valence-corrected chi connectivity index (χ4v) is 2.20. The number of hydrogen-bond acceptors (Lipinski definition) is 5. The van der Waals surface area contributed by atoms with Gasteiger partial charge in [0.25, 0.3) is 0 Å². The molecule has 0 atom stereocenters. The molecule has 0 aliphatic heterocycles. The molecule has 6 nitrogen and oxygen atoms in total. The third-order valence-electron chi connectivity index (χ3n) is 3.10. The fourth-order valence-electron chi connectivity index (χ4n) is 1.93. The topological polar surface area (TPSA) is 61.5 Å². The van der Waals surface area contributed by atoms with E-state index in [0.717, 1.165) is 5.75 Å². The Morgan fingerprint density at radius 3 is 2.54 bits per heavy atom. The van der Waals surface area contributed by atoms with Gasteiger partial charge in [0.2, 0.25) is 11.6 Å². The van der Waals surface area contributed by atoms with Gasteiger partial charge in [-0.05, 0) is 46.3 Å². The molecule has 24 heavy (non-hydrogen) atoms.